The van der Waals surface area contributed by atoms with Crippen molar-refractivity contribution in [3.05, 3.63) is 65.2 Å². The number of unbranched alkanes of at least 4 members (excludes halogenated alkanes) is 1. The van der Waals surface area contributed by atoms with Gasteiger partial charge in [0.05, 0.1) is 6.61 Å². The Morgan fingerprint density at radius 3 is 2.70 bits per heavy atom. The summed E-state index contributed by atoms with van der Waals surface area (Å²) in [7, 11) is 0. The maximum absolute atomic E-state index is 5.88. The minimum absolute atomic E-state index is 0.739. The van der Waals surface area contributed by atoms with Crippen molar-refractivity contribution in [1.29, 1.82) is 0 Å². The molecule has 2 rings (SSSR count). The lowest BCUT2D eigenvalue weighted by Crippen LogP contribution is -2.00. The molecule has 0 spiro atoms. The van der Waals surface area contributed by atoms with Crippen LogP contribution in [0.2, 0.25) is 0 Å². The van der Waals surface area contributed by atoms with E-state index in [1.807, 2.05) is 18.2 Å². The van der Waals surface area contributed by atoms with E-state index in [2.05, 4.69) is 49.4 Å². The van der Waals surface area contributed by atoms with Crippen molar-refractivity contribution in [3.63, 3.8) is 0 Å². The number of nitrogens with two attached hydrogens (primary N) is 1. The van der Waals surface area contributed by atoms with Gasteiger partial charge in [0.25, 0.3) is 0 Å². The van der Waals surface area contributed by atoms with Crippen LogP contribution in [0.25, 0.3) is 12.2 Å². The minimum atomic E-state index is 0.739. The highest BCUT2D eigenvalue weighted by Crippen LogP contribution is 2.21. The number of hydrogen-bond donors (Lipinski definition) is 1. The Balaban J connectivity index is 2.07. The fourth-order valence-corrected chi connectivity index (χ4v) is 2.42. The monoisotopic (exact) mass is 309 g/mol. The van der Waals surface area contributed by atoms with Crippen LogP contribution in [0.5, 0.6) is 5.75 Å². The van der Waals surface area contributed by atoms with Gasteiger partial charge >= 0.3 is 0 Å². The van der Waals surface area contributed by atoms with Crippen molar-refractivity contribution < 1.29 is 4.74 Å². The molecule has 0 atom stereocenters. The Morgan fingerprint density at radius 1 is 1.00 bits per heavy atom. The molecule has 0 fully saturated rings. The number of para-hydroxylation sites is 1. The summed E-state index contributed by atoms with van der Waals surface area (Å²) in [5.41, 5.74) is 9.26. The van der Waals surface area contributed by atoms with Gasteiger partial charge in [0.15, 0.2) is 0 Å². The van der Waals surface area contributed by atoms with Crippen LogP contribution in [-0.2, 0) is 6.42 Å². The van der Waals surface area contributed by atoms with Crippen LogP contribution in [0.3, 0.4) is 0 Å². The molecule has 0 radical (unpaired) electrons. The molecule has 0 aromatic heterocycles. The molecule has 0 unspecified atom stereocenters. The second kappa shape index (κ2) is 9.86. The van der Waals surface area contributed by atoms with E-state index in [1.165, 1.54) is 11.1 Å². The molecule has 0 amide bonds. The highest BCUT2D eigenvalue weighted by atomic mass is 16.5. The lowest BCUT2D eigenvalue weighted by Gasteiger charge is -2.08. The van der Waals surface area contributed by atoms with E-state index in [-0.39, 0.29) is 0 Å². The lowest BCUT2D eigenvalue weighted by molar-refractivity contribution is 0.309. The van der Waals surface area contributed by atoms with Crippen molar-refractivity contribution in [2.24, 2.45) is 5.73 Å². The predicted octanol–water partition coefficient (Wildman–Crippen LogP) is 4.93. The molecule has 2 N–H and O–H groups in total. The summed E-state index contributed by atoms with van der Waals surface area (Å²) in [5.74, 6) is 0.955. The summed E-state index contributed by atoms with van der Waals surface area (Å²) < 4.78 is 5.88. The quantitative estimate of drug-likeness (QED) is 0.526. The summed E-state index contributed by atoms with van der Waals surface area (Å²) in [4.78, 5) is 0. The zero-order chi connectivity index (χ0) is 16.3. The van der Waals surface area contributed by atoms with Gasteiger partial charge in [0.1, 0.15) is 5.75 Å². The maximum atomic E-state index is 5.88. The van der Waals surface area contributed by atoms with Gasteiger partial charge in [-0.15, -0.1) is 0 Å². The van der Waals surface area contributed by atoms with Gasteiger partial charge in [0.2, 0.25) is 0 Å². The third-order valence-corrected chi connectivity index (χ3v) is 3.75. The molecule has 0 saturated heterocycles. The number of ether oxygens (including phenoxy) is 1. The van der Waals surface area contributed by atoms with Crippen molar-refractivity contribution in [2.45, 2.75) is 32.6 Å². The van der Waals surface area contributed by atoms with Crippen LogP contribution in [0.4, 0.5) is 0 Å². The minimum Gasteiger partial charge on any atom is -0.493 e. The molecule has 0 saturated carbocycles. The van der Waals surface area contributed by atoms with Gasteiger partial charge in [-0.2, -0.15) is 0 Å². The van der Waals surface area contributed by atoms with Gasteiger partial charge in [0, 0.05) is 5.56 Å². The topological polar surface area (TPSA) is 35.2 Å². The fourth-order valence-electron chi connectivity index (χ4n) is 2.42. The van der Waals surface area contributed by atoms with E-state index < -0.39 is 0 Å². The summed E-state index contributed by atoms with van der Waals surface area (Å²) in [6.07, 6.45) is 8.57. The van der Waals surface area contributed by atoms with Crippen LogP contribution in [0, 0.1) is 0 Å². The molecule has 23 heavy (non-hydrogen) atoms. The second-order valence-corrected chi connectivity index (χ2v) is 5.71. The lowest BCUT2D eigenvalue weighted by atomic mass is 10.1. The number of benzene rings is 2. The summed E-state index contributed by atoms with van der Waals surface area (Å²) >= 11 is 0. The molecule has 0 aliphatic rings. The van der Waals surface area contributed by atoms with Gasteiger partial charge < -0.3 is 10.5 Å². The van der Waals surface area contributed by atoms with E-state index in [4.69, 9.17) is 10.5 Å². The molecule has 122 valence electrons. The molecule has 0 bridgehead atoms. The van der Waals surface area contributed by atoms with E-state index in [1.54, 1.807) is 0 Å². The van der Waals surface area contributed by atoms with Gasteiger partial charge in [-0.3, -0.25) is 0 Å². The zero-order valence-corrected chi connectivity index (χ0v) is 14.0. The van der Waals surface area contributed by atoms with Crippen molar-refractivity contribution in [1.82, 2.24) is 0 Å². The molecule has 2 heteroatoms. The SMILES string of the molecule is CCCCOc1ccccc1/C=C/c1cccc(CCCN)c1. The van der Waals surface area contributed by atoms with E-state index in [9.17, 15) is 0 Å². The van der Waals surface area contributed by atoms with Crippen LogP contribution in [0.15, 0.2) is 48.5 Å². The number of hydrogen-bond acceptors (Lipinski definition) is 2. The van der Waals surface area contributed by atoms with Crippen molar-refractivity contribution in [3.8, 4) is 5.75 Å². The first-order valence-electron chi connectivity index (χ1n) is 8.52. The standard InChI is InChI=1S/C21H27NO/c1-2-3-16-23-21-12-5-4-11-20(21)14-13-19-9-6-8-18(17-19)10-7-15-22/h4-6,8-9,11-14,17H,2-3,7,10,15-16,22H2,1H3/b14-13+. The maximum Gasteiger partial charge on any atom is 0.126 e. The molecule has 2 aromatic rings. The molecule has 0 aliphatic heterocycles. The van der Waals surface area contributed by atoms with Gasteiger partial charge in [-0.1, -0.05) is 68.0 Å². The first-order valence-corrected chi connectivity index (χ1v) is 8.52. The molecule has 0 aliphatic carbocycles. The average Bonchev–Trinajstić information content (AvgIpc) is 2.60. The van der Waals surface area contributed by atoms with Crippen molar-refractivity contribution >= 4 is 12.2 Å². The Kier molecular flexibility index (Phi) is 7.41. The predicted molar refractivity (Wildman–Crippen MR) is 99.6 cm³/mol. The van der Waals surface area contributed by atoms with Gasteiger partial charge in [-0.25, -0.2) is 0 Å². The fraction of sp³-hybridized carbons (Fsp3) is 0.333. The van der Waals surface area contributed by atoms with Crippen molar-refractivity contribution in [2.75, 3.05) is 13.2 Å². The first-order chi connectivity index (χ1) is 11.3. The Morgan fingerprint density at radius 2 is 1.87 bits per heavy atom. The second-order valence-electron chi connectivity index (χ2n) is 5.71. The smallest absolute Gasteiger partial charge is 0.126 e. The van der Waals surface area contributed by atoms with Crippen LogP contribution in [-0.4, -0.2) is 13.2 Å². The molecular weight excluding hydrogens is 282 g/mol. The summed E-state index contributed by atoms with van der Waals surface area (Å²) in [6, 6.07) is 16.8. The Hall–Kier alpha value is -2.06. The van der Waals surface area contributed by atoms with E-state index in [0.29, 0.717) is 0 Å². The summed E-state index contributed by atoms with van der Waals surface area (Å²) in [5, 5.41) is 0. The molecule has 0 heterocycles. The average molecular weight is 309 g/mol. The van der Waals surface area contributed by atoms with E-state index >= 15 is 0 Å². The summed E-state index contributed by atoms with van der Waals surface area (Å²) in [6.45, 7) is 3.69. The van der Waals surface area contributed by atoms with E-state index in [0.717, 1.165) is 50.1 Å². The number of aryl methyl sites for hydroxylation is 1. The zero-order valence-electron chi connectivity index (χ0n) is 14.0. The third kappa shape index (κ3) is 5.91. The van der Waals surface area contributed by atoms with Crippen LogP contribution >= 0.6 is 0 Å². The normalized spacial score (nSPS) is 11.0. The highest BCUT2D eigenvalue weighted by molar-refractivity contribution is 5.72. The molecular formula is C21H27NO. The van der Waals surface area contributed by atoms with Gasteiger partial charge in [-0.05, 0) is 43.0 Å². The Labute approximate surface area is 140 Å². The molecule has 2 nitrogen and oxygen atoms in total. The number of rotatable bonds is 9. The largest absolute Gasteiger partial charge is 0.493 e. The van der Waals surface area contributed by atoms with Crippen LogP contribution in [0.1, 0.15) is 42.9 Å². The first kappa shape index (κ1) is 17.3. The Bertz CT molecular complexity index is 619. The van der Waals surface area contributed by atoms with Crippen LogP contribution < -0.4 is 10.5 Å². The molecule has 2 aromatic carbocycles. The highest BCUT2D eigenvalue weighted by Gasteiger charge is 2.00. The third-order valence-electron chi connectivity index (χ3n) is 3.75.